The minimum absolute atomic E-state index is 0.573. The highest BCUT2D eigenvalue weighted by Crippen LogP contribution is 2.17. The van der Waals surface area contributed by atoms with Gasteiger partial charge in [0.15, 0.2) is 5.65 Å². The maximum atomic E-state index is 4.51. The molecule has 1 saturated heterocycles. The molecule has 3 rings (SSSR count). The van der Waals surface area contributed by atoms with Crippen molar-refractivity contribution in [1.82, 2.24) is 19.9 Å². The van der Waals surface area contributed by atoms with E-state index in [1.807, 2.05) is 26.0 Å². The highest BCUT2D eigenvalue weighted by Gasteiger charge is 2.17. The summed E-state index contributed by atoms with van der Waals surface area (Å²) >= 11 is 4.51. The molecule has 1 N–H and O–H groups in total. The topological polar surface area (TPSA) is 44.8 Å². The Bertz CT molecular complexity index is 470. The number of rotatable bonds is 2. The molecule has 0 saturated carbocycles. The molecule has 3 heterocycles. The molecule has 0 atom stereocenters. The van der Waals surface area contributed by atoms with Crippen molar-refractivity contribution in [2.24, 2.45) is 0 Å². The van der Waals surface area contributed by atoms with Gasteiger partial charge in [0.05, 0.1) is 12.1 Å². The van der Waals surface area contributed by atoms with Gasteiger partial charge >= 0.3 is 0 Å². The molecule has 2 aromatic heterocycles. The molecule has 0 radical (unpaired) electrons. The van der Waals surface area contributed by atoms with Crippen molar-refractivity contribution in [1.29, 1.82) is 0 Å². The van der Waals surface area contributed by atoms with Gasteiger partial charge in [-0.25, -0.2) is 9.97 Å². The van der Waals surface area contributed by atoms with Gasteiger partial charge in [-0.15, -0.1) is 0 Å². The molecule has 19 heavy (non-hydrogen) atoms. The number of pyridine rings is 1. The predicted molar refractivity (Wildman–Crippen MR) is 82.5 cm³/mol. The van der Waals surface area contributed by atoms with Crippen LogP contribution in [0.5, 0.6) is 0 Å². The van der Waals surface area contributed by atoms with E-state index in [0.717, 1.165) is 36.6 Å². The first-order valence-electron chi connectivity index (χ1n) is 7.01. The third-order valence-corrected chi connectivity index (χ3v) is 3.75. The number of aromatic amines is 1. The Kier molecular flexibility index (Phi) is 5.22. The van der Waals surface area contributed by atoms with Crippen LogP contribution in [0.25, 0.3) is 11.2 Å². The molecular weight excluding hydrogens is 256 g/mol. The second-order valence-electron chi connectivity index (χ2n) is 4.57. The van der Waals surface area contributed by atoms with Crippen molar-refractivity contribution in [3.63, 3.8) is 0 Å². The Hall–Kier alpha value is -1.07. The van der Waals surface area contributed by atoms with Gasteiger partial charge in [0.2, 0.25) is 0 Å². The van der Waals surface area contributed by atoms with Crippen molar-refractivity contribution in [3.05, 3.63) is 24.2 Å². The maximum Gasteiger partial charge on any atom is 0.177 e. The first kappa shape index (κ1) is 14.3. The quantitative estimate of drug-likeness (QED) is 0.830. The van der Waals surface area contributed by atoms with Crippen LogP contribution in [-0.2, 0) is 6.54 Å². The zero-order valence-electron chi connectivity index (χ0n) is 11.6. The second-order valence-corrected chi connectivity index (χ2v) is 5.30. The molecular formula is C14H22N4S. The monoisotopic (exact) mass is 278 g/mol. The number of aromatic nitrogens is 3. The smallest absolute Gasteiger partial charge is 0.177 e. The Morgan fingerprint density at radius 2 is 2.11 bits per heavy atom. The normalized spacial score (nSPS) is 17.2. The summed E-state index contributed by atoms with van der Waals surface area (Å²) in [5, 5.41) is 0.573. The Morgan fingerprint density at radius 3 is 2.79 bits per heavy atom. The zero-order chi connectivity index (χ0) is 13.7. The van der Waals surface area contributed by atoms with Gasteiger partial charge in [0.25, 0.3) is 0 Å². The zero-order valence-corrected chi connectivity index (χ0v) is 12.5. The van der Waals surface area contributed by atoms with Crippen molar-refractivity contribution in [3.8, 4) is 0 Å². The molecule has 0 aliphatic carbocycles. The average Bonchev–Trinajstić information content (AvgIpc) is 2.86. The Balaban J connectivity index is 0.000000637. The van der Waals surface area contributed by atoms with E-state index in [-0.39, 0.29) is 0 Å². The van der Waals surface area contributed by atoms with Crippen molar-refractivity contribution >= 4 is 23.8 Å². The van der Waals surface area contributed by atoms with Crippen LogP contribution in [0.1, 0.15) is 32.5 Å². The van der Waals surface area contributed by atoms with Crippen LogP contribution in [0.2, 0.25) is 0 Å². The van der Waals surface area contributed by atoms with Gasteiger partial charge in [-0.1, -0.05) is 13.8 Å². The first-order chi connectivity index (χ1) is 9.31. The highest BCUT2D eigenvalue weighted by atomic mass is 32.1. The van der Waals surface area contributed by atoms with E-state index >= 15 is 0 Å². The lowest BCUT2D eigenvalue weighted by atomic mass is 10.1. The minimum Gasteiger partial charge on any atom is -0.340 e. The summed E-state index contributed by atoms with van der Waals surface area (Å²) in [6, 6.07) is 3.94. The lowest BCUT2D eigenvalue weighted by Crippen LogP contribution is -2.33. The molecule has 4 nitrogen and oxygen atoms in total. The highest BCUT2D eigenvalue weighted by molar-refractivity contribution is 7.80. The average molecular weight is 278 g/mol. The number of hydrogen-bond donors (Lipinski definition) is 2. The molecule has 2 aromatic rings. The van der Waals surface area contributed by atoms with Gasteiger partial charge in [-0.05, 0) is 38.1 Å². The maximum absolute atomic E-state index is 4.51. The number of hydrogen-bond acceptors (Lipinski definition) is 4. The van der Waals surface area contributed by atoms with Crippen LogP contribution in [0, 0.1) is 0 Å². The summed E-state index contributed by atoms with van der Waals surface area (Å²) in [5.74, 6) is 1.01. The Morgan fingerprint density at radius 1 is 1.37 bits per heavy atom. The van der Waals surface area contributed by atoms with E-state index in [9.17, 15) is 0 Å². The number of likely N-dealkylation sites (tertiary alicyclic amines) is 1. The number of fused-ring (bicyclic) bond motifs is 1. The fourth-order valence-electron chi connectivity index (χ4n) is 2.26. The van der Waals surface area contributed by atoms with Crippen LogP contribution >= 0.6 is 12.6 Å². The van der Waals surface area contributed by atoms with Crippen LogP contribution in [0.15, 0.2) is 18.3 Å². The summed E-state index contributed by atoms with van der Waals surface area (Å²) < 4.78 is 0. The molecule has 1 aliphatic heterocycles. The van der Waals surface area contributed by atoms with Crippen molar-refractivity contribution in [2.75, 3.05) is 13.1 Å². The fraction of sp³-hybridized carbons (Fsp3) is 0.571. The predicted octanol–water partition coefficient (Wildman–Crippen LogP) is 2.88. The first-order valence-corrected chi connectivity index (χ1v) is 7.53. The molecule has 1 fully saturated rings. The summed E-state index contributed by atoms with van der Waals surface area (Å²) in [5.41, 5.74) is 1.83. The summed E-state index contributed by atoms with van der Waals surface area (Å²) in [6.45, 7) is 7.11. The number of H-pyrrole nitrogens is 1. The summed E-state index contributed by atoms with van der Waals surface area (Å²) in [4.78, 5) is 14.5. The summed E-state index contributed by atoms with van der Waals surface area (Å²) in [7, 11) is 0. The van der Waals surface area contributed by atoms with E-state index in [4.69, 9.17) is 0 Å². The summed E-state index contributed by atoms with van der Waals surface area (Å²) in [6.07, 6.45) is 4.11. The molecule has 1 aliphatic rings. The second kappa shape index (κ2) is 6.91. The molecule has 0 aromatic carbocycles. The molecule has 5 heteroatoms. The number of imidazole rings is 1. The largest absolute Gasteiger partial charge is 0.340 e. The third kappa shape index (κ3) is 3.70. The molecule has 0 spiro atoms. The molecule has 0 amide bonds. The molecule has 0 unspecified atom stereocenters. The van der Waals surface area contributed by atoms with Gasteiger partial charge in [-0.2, -0.15) is 12.6 Å². The standard InChI is InChI=1S/C12H16N4S.C2H6/c17-9-3-6-16(7-4-9)8-11-14-10-2-1-5-13-12(10)15-11;1-2/h1-2,5,9,17H,3-4,6-8H2,(H,13,14,15);1-2H3. The van der Waals surface area contributed by atoms with E-state index in [2.05, 4.69) is 32.5 Å². The van der Waals surface area contributed by atoms with Crippen LogP contribution in [-0.4, -0.2) is 38.2 Å². The van der Waals surface area contributed by atoms with Crippen molar-refractivity contribution < 1.29 is 0 Å². The van der Waals surface area contributed by atoms with Gasteiger partial charge in [0, 0.05) is 11.4 Å². The van der Waals surface area contributed by atoms with Gasteiger partial charge < -0.3 is 4.98 Å². The van der Waals surface area contributed by atoms with E-state index < -0.39 is 0 Å². The van der Waals surface area contributed by atoms with Crippen LogP contribution in [0.4, 0.5) is 0 Å². The molecule has 0 bridgehead atoms. The lowest BCUT2D eigenvalue weighted by Gasteiger charge is -2.28. The number of nitrogens with zero attached hydrogens (tertiary/aromatic N) is 3. The SMILES string of the molecule is CC.SC1CCN(Cc2nc3ncccc3[nH]2)CC1. The molecule has 104 valence electrons. The third-order valence-electron chi connectivity index (χ3n) is 3.24. The van der Waals surface area contributed by atoms with Crippen LogP contribution < -0.4 is 0 Å². The number of piperidine rings is 1. The fourth-order valence-corrected chi connectivity index (χ4v) is 2.49. The van der Waals surface area contributed by atoms with Crippen LogP contribution in [0.3, 0.4) is 0 Å². The lowest BCUT2D eigenvalue weighted by molar-refractivity contribution is 0.221. The number of thiol groups is 1. The van der Waals surface area contributed by atoms with E-state index in [1.165, 1.54) is 12.8 Å². The van der Waals surface area contributed by atoms with Gasteiger partial charge in [-0.3, -0.25) is 4.90 Å². The minimum atomic E-state index is 0.573. The number of nitrogens with one attached hydrogen (secondary N) is 1. The van der Waals surface area contributed by atoms with E-state index in [1.54, 1.807) is 6.20 Å². The Labute approximate surface area is 120 Å². The van der Waals surface area contributed by atoms with E-state index in [0.29, 0.717) is 5.25 Å². The van der Waals surface area contributed by atoms with Gasteiger partial charge in [0.1, 0.15) is 5.82 Å². The van der Waals surface area contributed by atoms with Crippen molar-refractivity contribution in [2.45, 2.75) is 38.5 Å².